The van der Waals surface area contributed by atoms with Gasteiger partial charge in [0.1, 0.15) is 17.4 Å². The molecule has 0 radical (unpaired) electrons. The Morgan fingerprint density at radius 1 is 1.43 bits per heavy atom. The SMILES string of the molecule is C[C@@]1(C2C=C(F)C=C(F)C2)Oc2ccc(Br)cc2NC1=O. The molecule has 3 rings (SSSR count). The fourth-order valence-electron chi connectivity index (χ4n) is 2.53. The van der Waals surface area contributed by atoms with E-state index >= 15 is 0 Å². The molecule has 0 bridgehead atoms. The number of amides is 1. The molecule has 0 aromatic heterocycles. The fourth-order valence-corrected chi connectivity index (χ4v) is 2.89. The third-order valence-electron chi connectivity index (χ3n) is 3.74. The van der Waals surface area contributed by atoms with Gasteiger partial charge in [0.15, 0.2) is 5.60 Å². The summed E-state index contributed by atoms with van der Waals surface area (Å²) in [7, 11) is 0. The maximum atomic E-state index is 13.5. The smallest absolute Gasteiger partial charge is 0.269 e. The van der Waals surface area contributed by atoms with Crippen LogP contribution in [0, 0.1) is 5.92 Å². The van der Waals surface area contributed by atoms with Gasteiger partial charge in [-0.1, -0.05) is 15.9 Å². The average molecular weight is 356 g/mol. The van der Waals surface area contributed by atoms with Gasteiger partial charge in [-0.25, -0.2) is 8.78 Å². The first kappa shape index (κ1) is 14.3. The highest BCUT2D eigenvalue weighted by atomic mass is 79.9. The second-order valence-electron chi connectivity index (χ2n) is 5.26. The van der Waals surface area contributed by atoms with Crippen molar-refractivity contribution in [2.24, 2.45) is 5.92 Å². The van der Waals surface area contributed by atoms with Gasteiger partial charge < -0.3 is 10.1 Å². The zero-order valence-corrected chi connectivity index (χ0v) is 12.7. The maximum Gasteiger partial charge on any atom is 0.269 e. The van der Waals surface area contributed by atoms with Crippen LogP contribution in [-0.4, -0.2) is 11.5 Å². The van der Waals surface area contributed by atoms with Crippen LogP contribution in [0.15, 0.2) is 46.5 Å². The summed E-state index contributed by atoms with van der Waals surface area (Å²) in [5.74, 6) is -1.94. The summed E-state index contributed by atoms with van der Waals surface area (Å²) in [6.45, 7) is 1.54. The number of anilines is 1. The molecule has 110 valence electrons. The Morgan fingerprint density at radius 2 is 2.19 bits per heavy atom. The minimum absolute atomic E-state index is 0.0663. The zero-order chi connectivity index (χ0) is 15.2. The number of fused-ring (bicyclic) bond motifs is 1. The van der Waals surface area contributed by atoms with Crippen LogP contribution in [0.3, 0.4) is 0 Å². The number of halogens is 3. The summed E-state index contributed by atoms with van der Waals surface area (Å²) in [5, 5.41) is 2.73. The van der Waals surface area contributed by atoms with Crippen LogP contribution in [0.25, 0.3) is 0 Å². The molecule has 0 fully saturated rings. The van der Waals surface area contributed by atoms with E-state index in [1.165, 1.54) is 6.08 Å². The first-order chi connectivity index (χ1) is 9.88. The fraction of sp³-hybridized carbons (Fsp3) is 0.267. The highest BCUT2D eigenvalue weighted by molar-refractivity contribution is 9.10. The zero-order valence-electron chi connectivity index (χ0n) is 11.1. The molecule has 21 heavy (non-hydrogen) atoms. The van der Waals surface area contributed by atoms with E-state index < -0.39 is 29.1 Å². The molecule has 1 amide bonds. The van der Waals surface area contributed by atoms with Crippen molar-refractivity contribution in [3.05, 3.63) is 46.5 Å². The summed E-state index contributed by atoms with van der Waals surface area (Å²) in [6, 6.07) is 5.19. The topological polar surface area (TPSA) is 38.3 Å². The van der Waals surface area contributed by atoms with Crippen LogP contribution >= 0.6 is 15.9 Å². The van der Waals surface area contributed by atoms with Crippen molar-refractivity contribution in [3.63, 3.8) is 0 Å². The molecule has 6 heteroatoms. The Morgan fingerprint density at radius 3 is 2.90 bits per heavy atom. The van der Waals surface area contributed by atoms with Crippen molar-refractivity contribution in [2.75, 3.05) is 5.32 Å². The molecule has 1 aromatic rings. The average Bonchev–Trinajstić information content (AvgIpc) is 2.39. The number of hydrogen-bond donors (Lipinski definition) is 1. The molecular weight excluding hydrogens is 344 g/mol. The number of benzene rings is 1. The first-order valence-corrected chi connectivity index (χ1v) is 7.21. The molecule has 1 N–H and O–H groups in total. The third kappa shape index (κ3) is 2.48. The van der Waals surface area contributed by atoms with Crippen molar-refractivity contribution < 1.29 is 18.3 Å². The Kier molecular flexibility index (Phi) is 3.36. The number of ether oxygens (including phenoxy) is 1. The largest absolute Gasteiger partial charge is 0.475 e. The van der Waals surface area contributed by atoms with E-state index in [-0.39, 0.29) is 6.42 Å². The second kappa shape index (κ2) is 4.94. The predicted molar refractivity (Wildman–Crippen MR) is 78.3 cm³/mol. The van der Waals surface area contributed by atoms with Crippen LogP contribution in [0.4, 0.5) is 14.5 Å². The van der Waals surface area contributed by atoms with Gasteiger partial charge in [-0.15, -0.1) is 0 Å². The number of rotatable bonds is 1. The normalized spacial score (nSPS) is 28.0. The molecule has 1 aliphatic carbocycles. The molecule has 2 aliphatic rings. The van der Waals surface area contributed by atoms with Gasteiger partial charge in [-0.2, -0.15) is 0 Å². The minimum Gasteiger partial charge on any atom is -0.475 e. The summed E-state index contributed by atoms with van der Waals surface area (Å²) >= 11 is 3.31. The van der Waals surface area contributed by atoms with Crippen LogP contribution < -0.4 is 10.1 Å². The van der Waals surface area contributed by atoms with E-state index in [4.69, 9.17) is 4.74 Å². The lowest BCUT2D eigenvalue weighted by Crippen LogP contribution is -2.53. The van der Waals surface area contributed by atoms with Gasteiger partial charge in [0.05, 0.1) is 5.69 Å². The molecule has 2 atom stereocenters. The van der Waals surface area contributed by atoms with Crippen molar-refractivity contribution in [3.8, 4) is 5.75 Å². The van der Waals surface area contributed by atoms with E-state index in [2.05, 4.69) is 21.2 Å². The second-order valence-corrected chi connectivity index (χ2v) is 6.17. The van der Waals surface area contributed by atoms with E-state index in [1.54, 1.807) is 25.1 Å². The number of allylic oxidation sites excluding steroid dienone is 3. The number of nitrogens with one attached hydrogen (secondary N) is 1. The molecule has 3 nitrogen and oxygen atoms in total. The predicted octanol–water partition coefficient (Wildman–Crippen LogP) is 4.27. The molecule has 1 aliphatic heterocycles. The summed E-state index contributed by atoms with van der Waals surface area (Å²) in [5.41, 5.74) is -0.827. The van der Waals surface area contributed by atoms with Gasteiger partial charge in [0.25, 0.3) is 5.91 Å². The highest BCUT2D eigenvalue weighted by Gasteiger charge is 2.47. The third-order valence-corrected chi connectivity index (χ3v) is 4.23. The quantitative estimate of drug-likeness (QED) is 0.816. The molecule has 0 spiro atoms. The maximum absolute atomic E-state index is 13.5. The van der Waals surface area contributed by atoms with E-state index in [0.717, 1.165) is 10.5 Å². The molecular formula is C15H12BrF2NO2. The van der Waals surface area contributed by atoms with Gasteiger partial charge in [-0.3, -0.25) is 4.79 Å². The molecule has 1 unspecified atom stereocenters. The number of carbonyl (C=O) groups is 1. The van der Waals surface area contributed by atoms with Gasteiger partial charge in [0.2, 0.25) is 0 Å². The lowest BCUT2D eigenvalue weighted by molar-refractivity contribution is -0.134. The molecule has 1 aromatic carbocycles. The summed E-state index contributed by atoms with van der Waals surface area (Å²) < 4.78 is 33.5. The van der Waals surface area contributed by atoms with Gasteiger partial charge >= 0.3 is 0 Å². The molecule has 0 saturated heterocycles. The molecule has 1 heterocycles. The van der Waals surface area contributed by atoms with E-state index in [9.17, 15) is 13.6 Å². The van der Waals surface area contributed by atoms with Crippen molar-refractivity contribution in [2.45, 2.75) is 18.9 Å². The Bertz CT molecular complexity index is 686. The lowest BCUT2D eigenvalue weighted by atomic mass is 9.81. The van der Waals surface area contributed by atoms with Crippen LogP contribution in [-0.2, 0) is 4.79 Å². The Labute approximate surface area is 128 Å². The van der Waals surface area contributed by atoms with Crippen molar-refractivity contribution in [1.29, 1.82) is 0 Å². The monoisotopic (exact) mass is 355 g/mol. The Hall–Kier alpha value is -1.69. The summed E-state index contributed by atoms with van der Waals surface area (Å²) in [4.78, 5) is 12.4. The number of hydrogen-bond acceptors (Lipinski definition) is 2. The first-order valence-electron chi connectivity index (χ1n) is 6.42. The minimum atomic E-state index is -1.36. The lowest BCUT2D eigenvalue weighted by Gasteiger charge is -2.39. The summed E-state index contributed by atoms with van der Waals surface area (Å²) in [6.07, 6.45) is 1.99. The van der Waals surface area contributed by atoms with Gasteiger partial charge in [-0.05, 0) is 31.2 Å². The Balaban J connectivity index is 1.97. The van der Waals surface area contributed by atoms with Crippen molar-refractivity contribution >= 4 is 27.5 Å². The number of carbonyl (C=O) groups excluding carboxylic acids is 1. The van der Waals surface area contributed by atoms with Crippen molar-refractivity contribution in [1.82, 2.24) is 0 Å². The van der Waals surface area contributed by atoms with Crippen LogP contribution in [0.2, 0.25) is 0 Å². The standard InChI is InChI=1S/C15H12BrF2NO2/c1-15(8-4-10(17)7-11(18)5-8)14(20)19-12-6-9(16)2-3-13(12)21-15/h2-4,6-8H,5H2,1H3,(H,19,20)/t8?,15-/m0/s1. The highest BCUT2D eigenvalue weighted by Crippen LogP contribution is 2.42. The van der Waals surface area contributed by atoms with Crippen LogP contribution in [0.5, 0.6) is 5.75 Å². The van der Waals surface area contributed by atoms with E-state index in [1.807, 2.05) is 0 Å². The molecule has 0 saturated carbocycles. The van der Waals surface area contributed by atoms with Gasteiger partial charge in [0, 0.05) is 22.9 Å². The van der Waals surface area contributed by atoms with Crippen LogP contribution in [0.1, 0.15) is 13.3 Å². The van der Waals surface area contributed by atoms with E-state index in [0.29, 0.717) is 11.4 Å².